The minimum absolute atomic E-state index is 0.188. The number of hydrogen-bond acceptors (Lipinski definition) is 4. The van der Waals surface area contributed by atoms with Crippen LogP contribution in [0, 0.1) is 0 Å². The summed E-state index contributed by atoms with van der Waals surface area (Å²) in [6, 6.07) is 0. The molecule has 4 heteroatoms. The van der Waals surface area contributed by atoms with Gasteiger partial charge < -0.3 is 14.2 Å². The van der Waals surface area contributed by atoms with Gasteiger partial charge in [-0.05, 0) is 20.3 Å². The number of carbonyl (C=O) groups excluding carboxylic acids is 1. The lowest BCUT2D eigenvalue weighted by Gasteiger charge is -2.07. The van der Waals surface area contributed by atoms with Gasteiger partial charge >= 0.3 is 5.97 Å². The van der Waals surface area contributed by atoms with Crippen LogP contribution in [0.2, 0.25) is 0 Å². The van der Waals surface area contributed by atoms with E-state index in [9.17, 15) is 4.79 Å². The molecule has 84 valence electrons. The van der Waals surface area contributed by atoms with Gasteiger partial charge in [-0.15, -0.1) is 0 Å². The maximum atomic E-state index is 10.7. The Morgan fingerprint density at radius 1 is 1.21 bits per heavy atom. The van der Waals surface area contributed by atoms with Crippen LogP contribution in [-0.2, 0) is 19.0 Å². The van der Waals surface area contributed by atoms with Crippen LogP contribution in [0.1, 0.15) is 26.7 Å². The fourth-order valence-corrected chi connectivity index (χ4v) is 0.865. The molecule has 0 aromatic rings. The fraction of sp³-hybridized carbons (Fsp3) is 0.900. The van der Waals surface area contributed by atoms with Crippen molar-refractivity contribution in [1.29, 1.82) is 0 Å². The van der Waals surface area contributed by atoms with Crippen LogP contribution in [0.3, 0.4) is 0 Å². The number of hydrogen-bond donors (Lipinski definition) is 0. The van der Waals surface area contributed by atoms with Gasteiger partial charge in [0.2, 0.25) is 0 Å². The number of esters is 1. The van der Waals surface area contributed by atoms with E-state index >= 15 is 0 Å². The summed E-state index contributed by atoms with van der Waals surface area (Å²) in [6.07, 6.45) is 1.37. The van der Waals surface area contributed by atoms with E-state index in [-0.39, 0.29) is 12.1 Å². The summed E-state index contributed by atoms with van der Waals surface area (Å²) in [5, 5.41) is 0. The van der Waals surface area contributed by atoms with Crippen molar-refractivity contribution in [2.75, 3.05) is 26.9 Å². The summed E-state index contributed by atoms with van der Waals surface area (Å²) in [5.41, 5.74) is 0. The smallest absolute Gasteiger partial charge is 0.305 e. The van der Waals surface area contributed by atoms with Gasteiger partial charge in [-0.1, -0.05) is 0 Å². The lowest BCUT2D eigenvalue weighted by Crippen LogP contribution is -2.10. The molecule has 0 spiro atoms. The van der Waals surface area contributed by atoms with Crippen molar-refractivity contribution in [2.24, 2.45) is 0 Å². The molecule has 0 atom stereocenters. The highest BCUT2D eigenvalue weighted by Gasteiger charge is 1.99. The van der Waals surface area contributed by atoms with Gasteiger partial charge in [0, 0.05) is 13.0 Å². The Labute approximate surface area is 85.5 Å². The van der Waals surface area contributed by atoms with Gasteiger partial charge in [-0.25, -0.2) is 0 Å². The first-order valence-electron chi connectivity index (χ1n) is 4.93. The molecular weight excluding hydrogens is 184 g/mol. The van der Waals surface area contributed by atoms with Crippen LogP contribution in [-0.4, -0.2) is 39.0 Å². The molecule has 0 unspecified atom stereocenters. The summed E-state index contributed by atoms with van der Waals surface area (Å²) in [5.74, 6) is -0.188. The third kappa shape index (κ3) is 9.48. The lowest BCUT2D eigenvalue weighted by molar-refractivity contribution is -0.141. The van der Waals surface area contributed by atoms with E-state index in [0.29, 0.717) is 32.7 Å². The monoisotopic (exact) mass is 204 g/mol. The highest BCUT2D eigenvalue weighted by atomic mass is 16.5. The Morgan fingerprint density at radius 3 is 2.50 bits per heavy atom. The summed E-state index contributed by atoms with van der Waals surface area (Å²) < 4.78 is 15.0. The molecule has 0 aliphatic rings. The molecule has 4 nitrogen and oxygen atoms in total. The zero-order chi connectivity index (χ0) is 10.8. The molecule has 0 heterocycles. The molecular formula is C10H20O4. The van der Waals surface area contributed by atoms with Gasteiger partial charge in [0.15, 0.2) is 0 Å². The maximum absolute atomic E-state index is 10.7. The van der Waals surface area contributed by atoms with Crippen LogP contribution in [0.15, 0.2) is 0 Å². The summed E-state index contributed by atoms with van der Waals surface area (Å²) in [4.78, 5) is 10.7. The zero-order valence-electron chi connectivity index (χ0n) is 9.25. The standard InChI is InChI=1S/C10H20O4/c1-9(2)14-8-7-13-6-4-5-10(11)12-3/h9H,4-8H2,1-3H3. The molecule has 0 N–H and O–H groups in total. The molecule has 0 aromatic heterocycles. The van der Waals surface area contributed by atoms with Gasteiger partial charge in [0.25, 0.3) is 0 Å². The lowest BCUT2D eigenvalue weighted by atomic mass is 10.3. The third-order valence-electron chi connectivity index (χ3n) is 1.58. The minimum Gasteiger partial charge on any atom is -0.469 e. The maximum Gasteiger partial charge on any atom is 0.305 e. The van der Waals surface area contributed by atoms with Gasteiger partial charge in [-0.2, -0.15) is 0 Å². The molecule has 14 heavy (non-hydrogen) atoms. The van der Waals surface area contributed by atoms with Crippen LogP contribution >= 0.6 is 0 Å². The van der Waals surface area contributed by atoms with E-state index in [1.54, 1.807) is 0 Å². The molecule has 0 radical (unpaired) electrons. The van der Waals surface area contributed by atoms with E-state index < -0.39 is 0 Å². The topological polar surface area (TPSA) is 44.8 Å². The zero-order valence-corrected chi connectivity index (χ0v) is 9.25. The van der Waals surface area contributed by atoms with Crippen molar-refractivity contribution in [3.05, 3.63) is 0 Å². The normalized spacial score (nSPS) is 10.6. The molecule has 0 bridgehead atoms. The average Bonchev–Trinajstić information content (AvgIpc) is 2.15. The fourth-order valence-electron chi connectivity index (χ4n) is 0.865. The number of rotatable bonds is 8. The first kappa shape index (κ1) is 13.4. The van der Waals surface area contributed by atoms with Crippen molar-refractivity contribution in [1.82, 2.24) is 0 Å². The van der Waals surface area contributed by atoms with Crippen LogP contribution in [0.5, 0.6) is 0 Å². The SMILES string of the molecule is COC(=O)CCCOCCOC(C)C. The number of carbonyl (C=O) groups is 1. The van der Waals surface area contributed by atoms with Crippen LogP contribution < -0.4 is 0 Å². The van der Waals surface area contributed by atoms with E-state index in [4.69, 9.17) is 9.47 Å². The second-order valence-corrected chi connectivity index (χ2v) is 3.21. The minimum atomic E-state index is -0.188. The van der Waals surface area contributed by atoms with Crippen molar-refractivity contribution in [3.63, 3.8) is 0 Å². The van der Waals surface area contributed by atoms with E-state index in [2.05, 4.69) is 4.74 Å². The molecule has 0 fully saturated rings. The first-order chi connectivity index (χ1) is 6.66. The second-order valence-electron chi connectivity index (χ2n) is 3.21. The Balaban J connectivity index is 3.03. The average molecular weight is 204 g/mol. The number of methoxy groups -OCH3 is 1. The van der Waals surface area contributed by atoms with Crippen molar-refractivity contribution in [2.45, 2.75) is 32.8 Å². The molecule has 0 aromatic carbocycles. The van der Waals surface area contributed by atoms with Crippen molar-refractivity contribution in [3.8, 4) is 0 Å². The quantitative estimate of drug-likeness (QED) is 0.442. The van der Waals surface area contributed by atoms with Crippen molar-refractivity contribution < 1.29 is 19.0 Å². The molecule has 0 rings (SSSR count). The van der Waals surface area contributed by atoms with E-state index in [1.165, 1.54) is 7.11 Å². The third-order valence-corrected chi connectivity index (χ3v) is 1.58. The molecule has 0 amide bonds. The Bertz CT molecular complexity index is 145. The number of ether oxygens (including phenoxy) is 3. The Kier molecular flexibility index (Phi) is 8.57. The molecule has 0 saturated heterocycles. The highest BCUT2D eigenvalue weighted by molar-refractivity contribution is 5.68. The van der Waals surface area contributed by atoms with Gasteiger partial charge in [0.05, 0.1) is 26.4 Å². The van der Waals surface area contributed by atoms with E-state index in [0.717, 1.165) is 0 Å². The highest BCUT2D eigenvalue weighted by Crippen LogP contribution is 1.93. The Hall–Kier alpha value is -0.610. The summed E-state index contributed by atoms with van der Waals surface area (Å²) >= 11 is 0. The van der Waals surface area contributed by atoms with Crippen molar-refractivity contribution >= 4 is 5.97 Å². The predicted molar refractivity (Wildman–Crippen MR) is 53.2 cm³/mol. The summed E-state index contributed by atoms with van der Waals surface area (Å²) in [7, 11) is 1.39. The molecule has 0 aliphatic carbocycles. The van der Waals surface area contributed by atoms with Gasteiger partial charge in [0.1, 0.15) is 0 Å². The second kappa shape index (κ2) is 8.97. The predicted octanol–water partition coefficient (Wildman–Crippen LogP) is 1.38. The first-order valence-corrected chi connectivity index (χ1v) is 4.93. The summed E-state index contributed by atoms with van der Waals surface area (Å²) in [6.45, 7) is 5.74. The van der Waals surface area contributed by atoms with Crippen LogP contribution in [0.25, 0.3) is 0 Å². The van der Waals surface area contributed by atoms with E-state index in [1.807, 2.05) is 13.8 Å². The molecule has 0 saturated carbocycles. The molecule has 0 aliphatic heterocycles. The van der Waals surface area contributed by atoms with Gasteiger partial charge in [-0.3, -0.25) is 4.79 Å². The van der Waals surface area contributed by atoms with Crippen LogP contribution in [0.4, 0.5) is 0 Å². The largest absolute Gasteiger partial charge is 0.469 e. The Morgan fingerprint density at radius 2 is 1.93 bits per heavy atom.